The van der Waals surface area contributed by atoms with Crippen molar-refractivity contribution in [3.63, 3.8) is 0 Å². The van der Waals surface area contributed by atoms with Crippen molar-refractivity contribution in [1.29, 1.82) is 0 Å². The molecule has 0 radical (unpaired) electrons. The average molecular weight is 548 g/mol. The normalized spacial score (nSPS) is 13.1. The summed E-state index contributed by atoms with van der Waals surface area (Å²) in [6.07, 6.45) is -5.14. The first-order valence-corrected chi connectivity index (χ1v) is 11.9. The summed E-state index contributed by atoms with van der Waals surface area (Å²) in [5.41, 5.74) is 0.899. The quantitative estimate of drug-likeness (QED) is 0.394. The Labute approximate surface area is 220 Å². The summed E-state index contributed by atoms with van der Waals surface area (Å²) in [4.78, 5) is 38.5. The second kappa shape index (κ2) is 10.8. The lowest BCUT2D eigenvalue weighted by molar-refractivity contribution is -0.140. The molecule has 0 aromatic heterocycles. The Hall–Kier alpha value is -3.92. The Bertz CT molecular complexity index is 1410. The first kappa shape index (κ1) is 27.1. The number of carbonyl (C=O) groups is 3. The predicted molar refractivity (Wildman–Crippen MR) is 134 cm³/mol. The van der Waals surface area contributed by atoms with E-state index >= 15 is 0 Å². The van der Waals surface area contributed by atoms with Crippen LogP contribution in [0.1, 0.15) is 39.5 Å². The van der Waals surface area contributed by atoms with Crippen molar-refractivity contribution in [3.05, 3.63) is 93.3 Å². The van der Waals surface area contributed by atoms with E-state index < -0.39 is 29.9 Å². The third-order valence-electron chi connectivity index (χ3n) is 6.09. The third kappa shape index (κ3) is 5.96. The molecule has 2 N–H and O–H groups in total. The zero-order valence-electron chi connectivity index (χ0n) is 20.1. The van der Waals surface area contributed by atoms with Gasteiger partial charge in [-0.1, -0.05) is 29.8 Å². The maximum absolute atomic E-state index is 14.4. The molecule has 11 heteroatoms. The van der Waals surface area contributed by atoms with E-state index in [4.69, 9.17) is 11.6 Å². The molecular weight excluding hydrogens is 526 g/mol. The fraction of sp³-hybridized carbons (Fsp3) is 0.222. The van der Waals surface area contributed by atoms with E-state index in [0.717, 1.165) is 17.7 Å². The molecule has 0 bridgehead atoms. The molecule has 1 aliphatic rings. The molecule has 3 aromatic carbocycles. The van der Waals surface area contributed by atoms with Gasteiger partial charge < -0.3 is 15.5 Å². The third-order valence-corrected chi connectivity index (χ3v) is 6.41. The van der Waals surface area contributed by atoms with E-state index in [-0.39, 0.29) is 34.6 Å². The number of carbonyl (C=O) groups excluding carboxylic acids is 3. The van der Waals surface area contributed by atoms with Crippen LogP contribution in [0.2, 0.25) is 5.02 Å². The topological polar surface area (TPSA) is 78.5 Å². The molecule has 6 nitrogen and oxygen atoms in total. The zero-order valence-corrected chi connectivity index (χ0v) is 20.8. The first-order chi connectivity index (χ1) is 17.9. The number of fused-ring (bicyclic) bond motifs is 1. The number of hydrogen-bond acceptors (Lipinski definition) is 3. The number of benzene rings is 3. The Morgan fingerprint density at radius 2 is 1.71 bits per heavy atom. The van der Waals surface area contributed by atoms with Crippen LogP contribution in [0, 0.1) is 5.82 Å². The summed E-state index contributed by atoms with van der Waals surface area (Å²) in [7, 11) is 0. The minimum absolute atomic E-state index is 0.217. The number of nitrogens with one attached hydrogen (secondary N) is 2. The summed E-state index contributed by atoms with van der Waals surface area (Å²) in [5, 5.41) is 5.47. The van der Waals surface area contributed by atoms with Gasteiger partial charge in [0.2, 0.25) is 11.8 Å². The van der Waals surface area contributed by atoms with Crippen LogP contribution in [0.15, 0.2) is 54.6 Å². The molecule has 38 heavy (non-hydrogen) atoms. The number of anilines is 2. The van der Waals surface area contributed by atoms with Crippen molar-refractivity contribution < 1.29 is 31.9 Å². The molecule has 4 rings (SSSR count). The molecule has 198 valence electrons. The number of amides is 3. The van der Waals surface area contributed by atoms with Gasteiger partial charge in [-0.25, -0.2) is 4.39 Å². The lowest BCUT2D eigenvalue weighted by Gasteiger charge is -2.30. The van der Waals surface area contributed by atoms with Crippen LogP contribution >= 0.6 is 11.6 Å². The summed E-state index contributed by atoms with van der Waals surface area (Å²) >= 11 is 6.32. The number of hydrogen-bond donors (Lipinski definition) is 2. The van der Waals surface area contributed by atoms with Crippen LogP contribution in [-0.2, 0) is 35.2 Å². The molecule has 1 aliphatic heterocycles. The summed E-state index contributed by atoms with van der Waals surface area (Å²) in [6, 6.07) is 12.6. The fourth-order valence-corrected chi connectivity index (χ4v) is 4.53. The number of nitrogens with zero attached hydrogens (tertiary/aromatic N) is 1. The van der Waals surface area contributed by atoms with Crippen LogP contribution in [0.3, 0.4) is 0 Å². The Morgan fingerprint density at radius 1 is 1.00 bits per heavy atom. The number of halogens is 5. The van der Waals surface area contributed by atoms with Gasteiger partial charge in [-0.05, 0) is 59.5 Å². The number of alkyl halides is 3. The van der Waals surface area contributed by atoms with Crippen LogP contribution in [0.5, 0.6) is 0 Å². The maximum Gasteiger partial charge on any atom is 0.419 e. The summed E-state index contributed by atoms with van der Waals surface area (Å²) in [5.74, 6) is -2.66. The minimum Gasteiger partial charge on any atom is -0.334 e. The van der Waals surface area contributed by atoms with Crippen molar-refractivity contribution in [2.45, 2.75) is 32.5 Å². The summed E-state index contributed by atoms with van der Waals surface area (Å²) in [6.45, 7) is 1.95. The predicted octanol–water partition coefficient (Wildman–Crippen LogP) is 5.84. The highest BCUT2D eigenvalue weighted by Crippen LogP contribution is 2.35. The standard InChI is InChI=1S/C27H22ClF4N3O3/c1-15(36)33-19-8-5-16(6-9-19)26(38)35-12-11-20-18(14-35)7-10-22(28)25(20)34-23(37)13-17-3-2-4-21(24(17)29)27(30,31)32/h2-10H,11-14H2,1H3,(H,33,36)(H,34,37). The Kier molecular flexibility index (Phi) is 7.73. The Morgan fingerprint density at radius 3 is 2.37 bits per heavy atom. The lowest BCUT2D eigenvalue weighted by Crippen LogP contribution is -2.36. The van der Waals surface area contributed by atoms with Gasteiger partial charge in [0.05, 0.1) is 22.7 Å². The van der Waals surface area contributed by atoms with Gasteiger partial charge in [0.15, 0.2) is 0 Å². The first-order valence-electron chi connectivity index (χ1n) is 11.6. The van der Waals surface area contributed by atoms with Crippen LogP contribution in [0.4, 0.5) is 28.9 Å². The van der Waals surface area contributed by atoms with Crippen LogP contribution < -0.4 is 10.6 Å². The molecule has 0 fully saturated rings. The van der Waals surface area contributed by atoms with Crippen molar-refractivity contribution in [1.82, 2.24) is 4.90 Å². The molecule has 0 aliphatic carbocycles. The molecule has 0 unspecified atom stereocenters. The van der Waals surface area contributed by atoms with Gasteiger partial charge in [0.25, 0.3) is 5.91 Å². The van der Waals surface area contributed by atoms with Gasteiger partial charge >= 0.3 is 6.18 Å². The maximum atomic E-state index is 14.4. The summed E-state index contributed by atoms with van der Waals surface area (Å²) < 4.78 is 53.4. The SMILES string of the molecule is CC(=O)Nc1ccc(C(=O)N2CCc3c(ccc(Cl)c3NC(=O)Cc3cccc(C(F)(F)F)c3F)C2)cc1. The van der Waals surface area contributed by atoms with Gasteiger partial charge in [-0.3, -0.25) is 14.4 Å². The fourth-order valence-electron chi connectivity index (χ4n) is 4.31. The highest BCUT2D eigenvalue weighted by Gasteiger charge is 2.35. The smallest absolute Gasteiger partial charge is 0.334 e. The van der Waals surface area contributed by atoms with Gasteiger partial charge in [0.1, 0.15) is 5.82 Å². The van der Waals surface area contributed by atoms with E-state index in [1.165, 1.54) is 6.92 Å². The average Bonchev–Trinajstić information content (AvgIpc) is 2.85. The van der Waals surface area contributed by atoms with E-state index in [9.17, 15) is 31.9 Å². The van der Waals surface area contributed by atoms with E-state index in [1.807, 2.05) is 0 Å². The van der Waals surface area contributed by atoms with Crippen molar-refractivity contribution >= 4 is 40.7 Å². The van der Waals surface area contributed by atoms with Crippen molar-refractivity contribution in [3.8, 4) is 0 Å². The highest BCUT2D eigenvalue weighted by molar-refractivity contribution is 6.34. The van der Waals surface area contributed by atoms with E-state index in [2.05, 4.69) is 10.6 Å². The van der Waals surface area contributed by atoms with Gasteiger partial charge in [-0.2, -0.15) is 13.2 Å². The molecule has 0 saturated carbocycles. The second-order valence-electron chi connectivity index (χ2n) is 8.80. The number of rotatable bonds is 5. The van der Waals surface area contributed by atoms with Crippen molar-refractivity contribution in [2.24, 2.45) is 0 Å². The van der Waals surface area contributed by atoms with E-state index in [1.54, 1.807) is 41.3 Å². The lowest BCUT2D eigenvalue weighted by atomic mass is 9.96. The van der Waals surface area contributed by atoms with E-state index in [0.29, 0.717) is 35.8 Å². The molecular formula is C27H22ClF4N3O3. The molecule has 3 amide bonds. The zero-order chi connectivity index (χ0) is 27.6. The van der Waals surface area contributed by atoms with Gasteiger partial charge in [-0.15, -0.1) is 0 Å². The largest absolute Gasteiger partial charge is 0.419 e. The second-order valence-corrected chi connectivity index (χ2v) is 9.20. The minimum atomic E-state index is -4.88. The molecule has 1 heterocycles. The molecule has 0 spiro atoms. The van der Waals surface area contributed by atoms with Crippen LogP contribution in [-0.4, -0.2) is 29.2 Å². The van der Waals surface area contributed by atoms with Gasteiger partial charge in [0, 0.05) is 31.3 Å². The monoisotopic (exact) mass is 547 g/mol. The highest BCUT2D eigenvalue weighted by atomic mass is 35.5. The molecule has 0 atom stereocenters. The van der Waals surface area contributed by atoms with Crippen molar-refractivity contribution in [2.75, 3.05) is 17.2 Å². The molecule has 0 saturated heterocycles. The molecule has 3 aromatic rings. The van der Waals surface area contributed by atoms with Crippen LogP contribution in [0.25, 0.3) is 0 Å². The Balaban J connectivity index is 1.49.